The molecule has 0 atom stereocenters. The van der Waals surface area contributed by atoms with Gasteiger partial charge in [-0.25, -0.2) is 4.79 Å². The topological polar surface area (TPSA) is 73.9 Å². The highest BCUT2D eigenvalue weighted by Gasteiger charge is 2.18. The van der Waals surface area contributed by atoms with Gasteiger partial charge in [-0.1, -0.05) is 34.8 Å². The Hall–Kier alpha value is -2.15. The summed E-state index contributed by atoms with van der Waals surface area (Å²) in [5.74, 6) is -0.290. The zero-order chi connectivity index (χ0) is 18.0. The lowest BCUT2D eigenvalue weighted by Crippen LogP contribution is -2.21. The van der Waals surface area contributed by atoms with Gasteiger partial charge in [-0.2, -0.15) is 0 Å². The summed E-state index contributed by atoms with van der Waals surface area (Å²) in [7, 11) is 0. The normalized spacial score (nSPS) is 12.0. The first kappa shape index (κ1) is 17.7. The SMILES string of the molecule is O=C(COC(=O)c1ccc2c(c1)OCO2)Nc1c(Cl)cc(Cl)cc1Cl. The van der Waals surface area contributed by atoms with E-state index in [1.165, 1.54) is 24.3 Å². The average Bonchev–Trinajstić information content (AvgIpc) is 3.03. The van der Waals surface area contributed by atoms with Crippen LogP contribution in [0.4, 0.5) is 5.69 Å². The molecule has 0 radical (unpaired) electrons. The number of halogens is 3. The van der Waals surface area contributed by atoms with Crippen LogP contribution in [-0.2, 0) is 9.53 Å². The molecule has 0 spiro atoms. The van der Waals surface area contributed by atoms with E-state index in [-0.39, 0.29) is 28.1 Å². The van der Waals surface area contributed by atoms with Crippen LogP contribution < -0.4 is 14.8 Å². The third kappa shape index (κ3) is 4.10. The van der Waals surface area contributed by atoms with E-state index in [0.717, 1.165) is 0 Å². The van der Waals surface area contributed by atoms with Crippen LogP contribution in [0.15, 0.2) is 30.3 Å². The molecule has 0 saturated carbocycles. The van der Waals surface area contributed by atoms with Gasteiger partial charge in [0.25, 0.3) is 5.91 Å². The minimum atomic E-state index is -0.679. The molecule has 0 fully saturated rings. The van der Waals surface area contributed by atoms with E-state index in [9.17, 15) is 9.59 Å². The largest absolute Gasteiger partial charge is 0.454 e. The minimum Gasteiger partial charge on any atom is -0.454 e. The van der Waals surface area contributed by atoms with Gasteiger partial charge in [-0.3, -0.25) is 4.79 Å². The summed E-state index contributed by atoms with van der Waals surface area (Å²) in [6.07, 6.45) is 0. The lowest BCUT2D eigenvalue weighted by molar-refractivity contribution is -0.119. The van der Waals surface area contributed by atoms with Crippen LogP contribution in [-0.4, -0.2) is 25.3 Å². The van der Waals surface area contributed by atoms with Crippen LogP contribution in [0, 0.1) is 0 Å². The molecule has 1 aliphatic heterocycles. The number of hydrogen-bond donors (Lipinski definition) is 1. The summed E-state index contributed by atoms with van der Waals surface area (Å²) < 4.78 is 15.3. The standard InChI is InChI=1S/C16H10Cl3NO5/c17-9-4-10(18)15(11(19)5-9)20-14(21)6-23-16(22)8-1-2-12-13(3-8)25-7-24-12/h1-5H,6-7H2,(H,20,21). The molecule has 1 aliphatic rings. The Morgan fingerprint density at radius 2 is 1.72 bits per heavy atom. The first-order valence-electron chi connectivity index (χ1n) is 6.95. The fourth-order valence-corrected chi connectivity index (χ4v) is 2.99. The van der Waals surface area contributed by atoms with E-state index in [1.807, 2.05) is 0 Å². The summed E-state index contributed by atoms with van der Waals surface area (Å²) in [6.45, 7) is -0.415. The van der Waals surface area contributed by atoms with Gasteiger partial charge < -0.3 is 19.5 Å². The lowest BCUT2D eigenvalue weighted by atomic mass is 10.2. The van der Waals surface area contributed by atoms with Crippen molar-refractivity contribution in [3.8, 4) is 11.5 Å². The van der Waals surface area contributed by atoms with Crippen LogP contribution in [0.5, 0.6) is 11.5 Å². The number of rotatable bonds is 4. The van der Waals surface area contributed by atoms with Crippen molar-refractivity contribution in [2.24, 2.45) is 0 Å². The predicted octanol–water partition coefficient (Wildman–Crippen LogP) is 4.17. The number of fused-ring (bicyclic) bond motifs is 1. The zero-order valence-electron chi connectivity index (χ0n) is 12.5. The molecule has 1 heterocycles. The molecule has 1 amide bonds. The molecular weight excluding hydrogens is 393 g/mol. The number of benzene rings is 2. The number of esters is 1. The van der Waals surface area contributed by atoms with Crippen molar-refractivity contribution in [1.82, 2.24) is 0 Å². The number of anilines is 1. The molecule has 25 heavy (non-hydrogen) atoms. The van der Waals surface area contributed by atoms with E-state index >= 15 is 0 Å². The number of hydrogen-bond acceptors (Lipinski definition) is 5. The third-order valence-corrected chi connectivity index (χ3v) is 4.03. The number of amides is 1. The average molecular weight is 403 g/mol. The third-order valence-electron chi connectivity index (χ3n) is 3.21. The van der Waals surface area contributed by atoms with Gasteiger partial charge in [-0.05, 0) is 30.3 Å². The number of ether oxygens (including phenoxy) is 3. The molecule has 2 aromatic rings. The van der Waals surface area contributed by atoms with Crippen LogP contribution >= 0.6 is 34.8 Å². The monoisotopic (exact) mass is 401 g/mol. The van der Waals surface area contributed by atoms with E-state index < -0.39 is 18.5 Å². The molecule has 0 unspecified atom stereocenters. The molecule has 1 N–H and O–H groups in total. The summed E-state index contributed by atoms with van der Waals surface area (Å²) in [4.78, 5) is 24.0. The summed E-state index contributed by atoms with van der Waals surface area (Å²) in [5.41, 5.74) is 0.427. The van der Waals surface area contributed by atoms with Gasteiger partial charge in [0, 0.05) is 5.02 Å². The molecule has 3 rings (SSSR count). The highest BCUT2D eigenvalue weighted by atomic mass is 35.5. The van der Waals surface area contributed by atoms with Gasteiger partial charge in [0.05, 0.1) is 21.3 Å². The Morgan fingerprint density at radius 1 is 1.04 bits per heavy atom. The van der Waals surface area contributed by atoms with Gasteiger partial charge in [0.1, 0.15) is 0 Å². The van der Waals surface area contributed by atoms with Crippen molar-refractivity contribution in [3.05, 3.63) is 51.0 Å². The molecule has 2 aromatic carbocycles. The van der Waals surface area contributed by atoms with E-state index in [0.29, 0.717) is 16.5 Å². The zero-order valence-corrected chi connectivity index (χ0v) is 14.7. The Morgan fingerprint density at radius 3 is 2.44 bits per heavy atom. The molecule has 6 nitrogen and oxygen atoms in total. The van der Waals surface area contributed by atoms with Gasteiger partial charge in [0.15, 0.2) is 18.1 Å². The molecule has 0 aromatic heterocycles. The molecule has 0 saturated heterocycles. The van der Waals surface area contributed by atoms with Crippen molar-refractivity contribution >= 4 is 52.4 Å². The van der Waals surface area contributed by atoms with Crippen LogP contribution in [0.3, 0.4) is 0 Å². The number of nitrogens with one attached hydrogen (secondary N) is 1. The summed E-state index contributed by atoms with van der Waals surface area (Å²) >= 11 is 17.7. The van der Waals surface area contributed by atoms with Crippen LogP contribution in [0.1, 0.15) is 10.4 Å². The first-order chi connectivity index (χ1) is 11.9. The Labute approximate surface area is 157 Å². The highest BCUT2D eigenvalue weighted by molar-refractivity contribution is 6.42. The van der Waals surface area contributed by atoms with Gasteiger partial charge in [0.2, 0.25) is 6.79 Å². The smallest absolute Gasteiger partial charge is 0.338 e. The lowest BCUT2D eigenvalue weighted by Gasteiger charge is -2.10. The molecule has 0 aliphatic carbocycles. The Kier molecular flexibility index (Phi) is 5.22. The maximum absolute atomic E-state index is 12.0. The maximum Gasteiger partial charge on any atom is 0.338 e. The summed E-state index contributed by atoms with van der Waals surface area (Å²) in [6, 6.07) is 7.45. The van der Waals surface area contributed by atoms with Crippen LogP contribution in [0.2, 0.25) is 15.1 Å². The Balaban J connectivity index is 1.60. The fraction of sp³-hybridized carbons (Fsp3) is 0.125. The second kappa shape index (κ2) is 7.39. The molecule has 9 heteroatoms. The summed E-state index contributed by atoms with van der Waals surface area (Å²) in [5, 5.41) is 3.15. The van der Waals surface area contributed by atoms with Gasteiger partial charge >= 0.3 is 5.97 Å². The number of carbonyl (C=O) groups excluding carboxylic acids is 2. The van der Waals surface area contributed by atoms with Crippen molar-refractivity contribution in [1.29, 1.82) is 0 Å². The Bertz CT molecular complexity index is 833. The van der Waals surface area contributed by atoms with E-state index in [2.05, 4.69) is 5.32 Å². The second-order valence-corrected chi connectivity index (χ2v) is 6.19. The maximum atomic E-state index is 12.0. The van der Waals surface area contributed by atoms with Crippen molar-refractivity contribution < 1.29 is 23.8 Å². The first-order valence-corrected chi connectivity index (χ1v) is 8.08. The fourth-order valence-electron chi connectivity index (χ4n) is 2.08. The van der Waals surface area contributed by atoms with E-state index in [1.54, 1.807) is 6.07 Å². The van der Waals surface area contributed by atoms with Gasteiger partial charge in [-0.15, -0.1) is 0 Å². The van der Waals surface area contributed by atoms with Crippen molar-refractivity contribution in [2.75, 3.05) is 18.7 Å². The predicted molar refractivity (Wildman–Crippen MR) is 92.9 cm³/mol. The number of carbonyl (C=O) groups is 2. The van der Waals surface area contributed by atoms with Crippen LogP contribution in [0.25, 0.3) is 0 Å². The quantitative estimate of drug-likeness (QED) is 0.777. The van der Waals surface area contributed by atoms with Crippen molar-refractivity contribution in [2.45, 2.75) is 0 Å². The molecule has 130 valence electrons. The molecule has 0 bridgehead atoms. The second-order valence-electron chi connectivity index (χ2n) is 4.94. The minimum absolute atomic E-state index is 0.0961. The highest BCUT2D eigenvalue weighted by Crippen LogP contribution is 2.34. The van der Waals surface area contributed by atoms with E-state index in [4.69, 9.17) is 49.0 Å². The molecular formula is C16H10Cl3NO5. The van der Waals surface area contributed by atoms with Crippen molar-refractivity contribution in [3.63, 3.8) is 0 Å².